The van der Waals surface area contributed by atoms with E-state index in [4.69, 9.17) is 12.2 Å². The van der Waals surface area contributed by atoms with E-state index in [1.807, 2.05) is 0 Å². The van der Waals surface area contributed by atoms with Crippen molar-refractivity contribution in [2.24, 2.45) is 5.10 Å². The smallest absolute Gasteiger partial charge is 0.189 e. The third-order valence-corrected chi connectivity index (χ3v) is 3.06. The Morgan fingerprint density at radius 2 is 2.20 bits per heavy atom. The summed E-state index contributed by atoms with van der Waals surface area (Å²) in [6.07, 6.45) is 3.58. The number of carboxylic acid groups (broad SMARTS) is 1. The number of hydrogen-bond acceptors (Lipinski definition) is 4. The molecule has 0 amide bonds. The molecule has 0 atom stereocenters. The monoisotopic (exact) mass is 292 g/mol. The molecule has 1 rings (SSSR count). The van der Waals surface area contributed by atoms with Crippen LogP contribution in [0.1, 0.15) is 35.7 Å². The number of hydrogen-bond donors (Lipinski definition) is 1. The first-order valence-corrected chi connectivity index (χ1v) is 6.83. The van der Waals surface area contributed by atoms with Gasteiger partial charge in [0.05, 0.1) is 12.2 Å². The number of nitrogens with one attached hydrogen (secondary N) is 1. The average Bonchev–Trinajstić information content (AvgIpc) is 2.45. The second kappa shape index (κ2) is 8.27. The fourth-order valence-electron chi connectivity index (χ4n) is 1.48. The van der Waals surface area contributed by atoms with Gasteiger partial charge < -0.3 is 15.2 Å². The maximum atomic E-state index is 11.0. The summed E-state index contributed by atoms with van der Waals surface area (Å²) in [5, 5.41) is 20.1. The van der Waals surface area contributed by atoms with E-state index < -0.39 is 5.97 Å². The fourth-order valence-corrected chi connectivity index (χ4v) is 1.63. The zero-order valence-electron chi connectivity index (χ0n) is 11.6. The molecule has 0 heterocycles. The molecule has 0 unspecified atom stereocenters. The number of aromatic carboxylic acids is 1. The van der Waals surface area contributed by atoms with E-state index >= 15 is 0 Å². The first kappa shape index (κ1) is 16.1. The highest BCUT2D eigenvalue weighted by Gasteiger charge is 2.02. The largest absolute Gasteiger partial charge is 0.545 e. The van der Waals surface area contributed by atoms with Gasteiger partial charge in [0.2, 0.25) is 0 Å². The number of unbranched alkanes of at least 4 members (excludes halogenated alkanes) is 1. The van der Waals surface area contributed by atoms with Crippen molar-refractivity contribution < 1.29 is 9.90 Å². The summed E-state index contributed by atoms with van der Waals surface area (Å²) in [7, 11) is 1.71. The second-order valence-corrected chi connectivity index (χ2v) is 4.62. The lowest BCUT2D eigenvalue weighted by Gasteiger charge is -2.15. The van der Waals surface area contributed by atoms with Crippen molar-refractivity contribution in [3.05, 3.63) is 35.4 Å². The van der Waals surface area contributed by atoms with E-state index in [-0.39, 0.29) is 5.56 Å². The third kappa shape index (κ3) is 4.97. The standard InChI is InChI=1S/C14H19N3O2S/c1-3-4-9-15-14(20)17(2)16-10-11-7-5-6-8-12(11)13(18)19/h5-8,10H,3-4,9H2,1-2H3,(H,15,20)(H,18,19)/p-1/b16-10-. The number of benzene rings is 1. The highest BCUT2D eigenvalue weighted by molar-refractivity contribution is 7.80. The Kier molecular flexibility index (Phi) is 6.66. The summed E-state index contributed by atoms with van der Waals surface area (Å²) in [4.78, 5) is 11.0. The Morgan fingerprint density at radius 3 is 2.85 bits per heavy atom. The lowest BCUT2D eigenvalue weighted by molar-refractivity contribution is -0.255. The zero-order chi connectivity index (χ0) is 15.0. The molecule has 108 valence electrons. The van der Waals surface area contributed by atoms with Crippen molar-refractivity contribution in [1.82, 2.24) is 10.3 Å². The first-order valence-electron chi connectivity index (χ1n) is 6.42. The third-order valence-electron chi connectivity index (χ3n) is 2.65. The minimum Gasteiger partial charge on any atom is -0.545 e. The Bertz CT molecular complexity index is 503. The van der Waals surface area contributed by atoms with Gasteiger partial charge in [0, 0.05) is 24.7 Å². The van der Waals surface area contributed by atoms with Crippen molar-refractivity contribution in [2.45, 2.75) is 19.8 Å². The molecule has 5 nitrogen and oxygen atoms in total. The van der Waals surface area contributed by atoms with E-state index in [1.54, 1.807) is 25.2 Å². The van der Waals surface area contributed by atoms with Crippen LogP contribution in [0.15, 0.2) is 29.4 Å². The number of hydrazone groups is 1. The van der Waals surface area contributed by atoms with Gasteiger partial charge in [-0.2, -0.15) is 5.10 Å². The molecular formula is C14H18N3O2S-. The maximum Gasteiger partial charge on any atom is 0.189 e. The normalized spacial score (nSPS) is 10.5. The molecule has 0 aliphatic carbocycles. The minimum atomic E-state index is -1.22. The SMILES string of the molecule is CCCCNC(=S)N(C)/N=C\c1ccccc1C(=O)[O-]. The van der Waals surface area contributed by atoms with Crippen LogP contribution in [0.2, 0.25) is 0 Å². The molecule has 0 saturated carbocycles. The Morgan fingerprint density at radius 1 is 1.50 bits per heavy atom. The van der Waals surface area contributed by atoms with E-state index in [0.717, 1.165) is 19.4 Å². The van der Waals surface area contributed by atoms with E-state index in [1.165, 1.54) is 17.3 Å². The Labute approximate surface area is 124 Å². The van der Waals surface area contributed by atoms with Crippen LogP contribution < -0.4 is 10.4 Å². The number of carbonyl (C=O) groups excluding carboxylic acids is 1. The average molecular weight is 292 g/mol. The molecule has 0 fully saturated rings. The van der Waals surface area contributed by atoms with Gasteiger partial charge in [-0.15, -0.1) is 0 Å². The minimum absolute atomic E-state index is 0.106. The summed E-state index contributed by atoms with van der Waals surface area (Å²) in [6, 6.07) is 6.53. The number of nitrogens with zero attached hydrogens (tertiary/aromatic N) is 2. The molecule has 0 aliphatic heterocycles. The molecule has 1 aromatic rings. The molecule has 0 bridgehead atoms. The van der Waals surface area contributed by atoms with Gasteiger partial charge in [0.1, 0.15) is 0 Å². The summed E-state index contributed by atoms with van der Waals surface area (Å²) >= 11 is 5.16. The highest BCUT2D eigenvalue weighted by Crippen LogP contribution is 2.05. The van der Waals surface area contributed by atoms with E-state index in [9.17, 15) is 9.90 Å². The summed E-state index contributed by atoms with van der Waals surface area (Å²) in [5.74, 6) is -1.22. The lowest BCUT2D eigenvalue weighted by Crippen LogP contribution is -2.34. The molecule has 20 heavy (non-hydrogen) atoms. The molecule has 1 N–H and O–H groups in total. The van der Waals surface area contributed by atoms with Crippen LogP contribution in [-0.4, -0.2) is 35.9 Å². The van der Waals surface area contributed by atoms with Gasteiger partial charge in [-0.3, -0.25) is 0 Å². The fraction of sp³-hybridized carbons (Fsp3) is 0.357. The first-order chi connectivity index (χ1) is 9.56. The number of thiocarbonyl (C=S) groups is 1. The summed E-state index contributed by atoms with van der Waals surface area (Å²) < 4.78 is 0. The lowest BCUT2D eigenvalue weighted by atomic mass is 10.1. The maximum absolute atomic E-state index is 11.0. The Balaban J connectivity index is 2.67. The van der Waals surface area contributed by atoms with Crippen LogP contribution >= 0.6 is 12.2 Å². The predicted octanol–water partition coefficient (Wildman–Crippen LogP) is 0.990. The second-order valence-electron chi connectivity index (χ2n) is 4.23. The van der Waals surface area contributed by atoms with Crippen molar-refractivity contribution in [1.29, 1.82) is 0 Å². The Hall–Kier alpha value is -1.95. The van der Waals surface area contributed by atoms with Crippen LogP contribution in [0.25, 0.3) is 0 Å². The number of carbonyl (C=O) groups is 1. The van der Waals surface area contributed by atoms with E-state index in [0.29, 0.717) is 10.7 Å². The number of carboxylic acids is 1. The van der Waals surface area contributed by atoms with E-state index in [2.05, 4.69) is 17.3 Å². The molecule has 0 aromatic heterocycles. The van der Waals surface area contributed by atoms with Crippen LogP contribution in [0.5, 0.6) is 0 Å². The quantitative estimate of drug-likeness (QED) is 0.366. The molecule has 0 saturated heterocycles. The van der Waals surface area contributed by atoms with Crippen molar-refractivity contribution in [3.63, 3.8) is 0 Å². The van der Waals surface area contributed by atoms with Crippen molar-refractivity contribution >= 4 is 29.5 Å². The highest BCUT2D eigenvalue weighted by atomic mass is 32.1. The van der Waals surface area contributed by atoms with Crippen LogP contribution in [0, 0.1) is 0 Å². The van der Waals surface area contributed by atoms with Crippen molar-refractivity contribution in [3.8, 4) is 0 Å². The summed E-state index contributed by atoms with van der Waals surface area (Å²) in [5.41, 5.74) is 0.588. The van der Waals surface area contributed by atoms with Crippen LogP contribution in [0.4, 0.5) is 0 Å². The molecular weight excluding hydrogens is 274 g/mol. The van der Waals surface area contributed by atoms with Gasteiger partial charge in [-0.25, -0.2) is 5.01 Å². The molecule has 6 heteroatoms. The molecule has 0 aliphatic rings. The van der Waals surface area contributed by atoms with Gasteiger partial charge in [0.25, 0.3) is 0 Å². The van der Waals surface area contributed by atoms with Crippen molar-refractivity contribution in [2.75, 3.05) is 13.6 Å². The van der Waals surface area contributed by atoms with Gasteiger partial charge >= 0.3 is 0 Å². The molecule has 1 aromatic carbocycles. The van der Waals surface area contributed by atoms with Gasteiger partial charge in [0.15, 0.2) is 5.11 Å². The van der Waals surface area contributed by atoms with Gasteiger partial charge in [-0.1, -0.05) is 37.6 Å². The number of rotatable bonds is 6. The summed E-state index contributed by atoms with van der Waals surface area (Å²) in [6.45, 7) is 2.90. The molecule has 0 radical (unpaired) electrons. The molecule has 0 spiro atoms. The van der Waals surface area contributed by atoms with Crippen LogP contribution in [-0.2, 0) is 0 Å². The van der Waals surface area contributed by atoms with Crippen LogP contribution in [0.3, 0.4) is 0 Å². The predicted molar refractivity (Wildman–Crippen MR) is 81.6 cm³/mol. The van der Waals surface area contributed by atoms with Gasteiger partial charge in [-0.05, 0) is 18.6 Å². The zero-order valence-corrected chi connectivity index (χ0v) is 12.4. The topological polar surface area (TPSA) is 67.8 Å².